The third-order valence-electron chi connectivity index (χ3n) is 9.19. The van der Waals surface area contributed by atoms with E-state index in [1.807, 2.05) is 43.3 Å². The molecule has 40 heavy (non-hydrogen) atoms. The molecule has 6 nitrogen and oxygen atoms in total. The van der Waals surface area contributed by atoms with Crippen LogP contribution in [0.4, 0.5) is 4.39 Å². The van der Waals surface area contributed by atoms with Crippen molar-refractivity contribution in [2.45, 2.75) is 57.4 Å². The lowest BCUT2D eigenvalue weighted by Gasteiger charge is -2.35. The molecule has 2 aliphatic rings. The van der Waals surface area contributed by atoms with Crippen molar-refractivity contribution >= 4 is 40.2 Å². The lowest BCUT2D eigenvalue weighted by molar-refractivity contribution is -0.142. The summed E-state index contributed by atoms with van der Waals surface area (Å²) < 4.78 is 14.8. The van der Waals surface area contributed by atoms with Crippen LogP contribution >= 0.6 is 11.6 Å². The van der Waals surface area contributed by atoms with Gasteiger partial charge >= 0.3 is 5.97 Å². The van der Waals surface area contributed by atoms with Gasteiger partial charge in [-0.2, -0.15) is 0 Å². The van der Waals surface area contributed by atoms with Crippen LogP contribution in [0.15, 0.2) is 48.5 Å². The number of carbonyl (C=O) groups is 3. The number of Topliss-reactive ketones (excluding diaryl/α,β-unsaturated/α-hetero) is 1. The average molecular weight is 567 g/mol. The Morgan fingerprint density at radius 1 is 1.05 bits per heavy atom. The van der Waals surface area contributed by atoms with E-state index in [9.17, 15) is 23.9 Å². The van der Waals surface area contributed by atoms with Crippen LogP contribution in [-0.4, -0.2) is 51.5 Å². The number of fused-ring (bicyclic) bond motifs is 1. The third kappa shape index (κ3) is 5.28. The van der Waals surface area contributed by atoms with Crippen LogP contribution in [-0.2, 0) is 23.1 Å². The number of aryl methyl sites for hydroxylation is 1. The molecule has 2 heterocycles. The van der Waals surface area contributed by atoms with Gasteiger partial charge in [-0.25, -0.2) is 4.79 Å². The highest BCUT2D eigenvalue weighted by atomic mass is 35.5. The molecule has 0 spiro atoms. The molecule has 1 saturated carbocycles. The highest BCUT2D eigenvalue weighted by Crippen LogP contribution is 2.40. The van der Waals surface area contributed by atoms with Gasteiger partial charge in [-0.15, -0.1) is 0 Å². The summed E-state index contributed by atoms with van der Waals surface area (Å²) in [5.74, 6) is -1.02. The highest BCUT2D eigenvalue weighted by Gasteiger charge is 2.44. The number of benzene rings is 2. The van der Waals surface area contributed by atoms with Gasteiger partial charge in [0.25, 0.3) is 0 Å². The summed E-state index contributed by atoms with van der Waals surface area (Å²) in [6.07, 6.45) is 3.97. The first-order valence-electron chi connectivity index (χ1n) is 14.2. The molecule has 1 amide bonds. The van der Waals surface area contributed by atoms with Crippen molar-refractivity contribution in [2.75, 3.05) is 13.2 Å². The molecule has 1 saturated heterocycles. The largest absolute Gasteiger partial charge is 0.477 e. The van der Waals surface area contributed by atoms with Gasteiger partial charge < -0.3 is 14.6 Å². The van der Waals surface area contributed by atoms with E-state index in [-0.39, 0.29) is 53.3 Å². The van der Waals surface area contributed by atoms with Crippen molar-refractivity contribution in [3.63, 3.8) is 0 Å². The van der Waals surface area contributed by atoms with E-state index in [1.165, 1.54) is 4.57 Å². The van der Waals surface area contributed by atoms with E-state index in [0.717, 1.165) is 36.8 Å². The Bertz CT molecular complexity index is 1410. The number of carboxylic acids is 1. The first kappa shape index (κ1) is 28.3. The Kier molecular flexibility index (Phi) is 8.31. The van der Waals surface area contributed by atoms with Crippen LogP contribution in [0, 0.1) is 17.8 Å². The number of aromatic nitrogens is 1. The minimum absolute atomic E-state index is 0.00692. The summed E-state index contributed by atoms with van der Waals surface area (Å²) in [4.78, 5) is 41.4. The Morgan fingerprint density at radius 3 is 2.40 bits per heavy atom. The maximum absolute atomic E-state index is 14.0. The molecule has 1 aliphatic heterocycles. The molecule has 1 aromatic heterocycles. The van der Waals surface area contributed by atoms with Gasteiger partial charge in [-0.3, -0.25) is 14.0 Å². The number of hydrogen-bond donors (Lipinski definition) is 1. The summed E-state index contributed by atoms with van der Waals surface area (Å²) in [5, 5.41) is 10.3. The first-order chi connectivity index (χ1) is 19.2. The minimum atomic E-state index is -1.11. The number of rotatable bonds is 8. The van der Waals surface area contributed by atoms with Gasteiger partial charge in [0.1, 0.15) is 5.69 Å². The number of nitrogens with zero attached hydrogens (tertiary/aromatic N) is 2. The van der Waals surface area contributed by atoms with E-state index in [1.54, 1.807) is 24.1 Å². The Labute approximate surface area is 239 Å². The number of amides is 1. The molecule has 3 atom stereocenters. The maximum Gasteiger partial charge on any atom is 0.354 e. The van der Waals surface area contributed by atoms with Crippen LogP contribution in [0.5, 0.6) is 0 Å². The molecule has 3 aromatic rings. The first-order valence-corrected chi connectivity index (χ1v) is 14.5. The molecule has 8 heteroatoms. The number of hydrogen-bond acceptors (Lipinski definition) is 3. The maximum atomic E-state index is 14.0. The second-order valence-corrected chi connectivity index (χ2v) is 11.9. The average Bonchev–Trinajstić information content (AvgIpc) is 3.52. The van der Waals surface area contributed by atoms with Crippen molar-refractivity contribution < 1.29 is 23.9 Å². The van der Waals surface area contributed by atoms with E-state index in [4.69, 9.17) is 11.6 Å². The smallest absolute Gasteiger partial charge is 0.354 e. The van der Waals surface area contributed by atoms with Gasteiger partial charge in [-0.05, 0) is 67.2 Å². The molecule has 1 unspecified atom stereocenters. The number of alkyl halides is 1. The number of ketones is 1. The molecule has 1 N–H and O–H groups in total. The zero-order chi connectivity index (χ0) is 28.6. The predicted molar refractivity (Wildman–Crippen MR) is 153 cm³/mol. The van der Waals surface area contributed by atoms with E-state index < -0.39 is 12.0 Å². The standard InChI is InChI=1S/C32H36ClFN2O4/c1-19(18-34)21-9-11-23(12-10-21)31(38)36-15-14-24(22-6-4-3-5-7-22)29(36)27(37)17-20-8-13-26-25(16-20)28(33)30(32(39)40)35(26)2/h3-8,13,16,19,21,23-24,29H,9-12,14-15,17-18H2,1-2H3,(H,39,40)/t19?,21?,23?,24-,29+/m1/s1. The second kappa shape index (κ2) is 11.7. The molecule has 0 bridgehead atoms. The molecular weight excluding hydrogens is 531 g/mol. The van der Waals surface area contributed by atoms with E-state index >= 15 is 0 Å². The second-order valence-electron chi connectivity index (χ2n) is 11.5. The molecule has 5 rings (SSSR count). The molecule has 212 valence electrons. The van der Waals surface area contributed by atoms with Crippen LogP contribution in [0.3, 0.4) is 0 Å². The van der Waals surface area contributed by atoms with Gasteiger partial charge in [0.2, 0.25) is 5.91 Å². The van der Waals surface area contributed by atoms with Crippen molar-refractivity contribution in [3.05, 3.63) is 70.4 Å². The number of likely N-dealkylation sites (tertiary alicyclic amines) is 1. The van der Waals surface area contributed by atoms with Gasteiger partial charge in [0.15, 0.2) is 5.78 Å². The quantitative estimate of drug-likeness (QED) is 0.340. The number of halogens is 2. The zero-order valence-electron chi connectivity index (χ0n) is 23.0. The highest BCUT2D eigenvalue weighted by molar-refractivity contribution is 6.38. The predicted octanol–water partition coefficient (Wildman–Crippen LogP) is 6.44. The van der Waals surface area contributed by atoms with Crippen LogP contribution < -0.4 is 0 Å². The third-order valence-corrected chi connectivity index (χ3v) is 9.57. The zero-order valence-corrected chi connectivity index (χ0v) is 23.7. The summed E-state index contributed by atoms with van der Waals surface area (Å²) in [5.41, 5.74) is 2.46. The van der Waals surface area contributed by atoms with Crippen LogP contribution in [0.1, 0.15) is 66.6 Å². The fourth-order valence-electron chi connectivity index (χ4n) is 6.88. The Balaban J connectivity index is 1.40. The Hall–Kier alpha value is -3.19. The minimum Gasteiger partial charge on any atom is -0.477 e. The van der Waals surface area contributed by atoms with E-state index in [2.05, 4.69) is 0 Å². The Morgan fingerprint density at radius 2 is 1.75 bits per heavy atom. The van der Waals surface area contributed by atoms with Gasteiger partial charge in [-0.1, -0.05) is 54.9 Å². The fourth-order valence-corrected chi connectivity index (χ4v) is 7.24. The number of carboxylic acid groups (broad SMARTS) is 1. The molecular formula is C32H36ClFN2O4. The van der Waals surface area contributed by atoms with Crippen LogP contribution in [0.2, 0.25) is 5.02 Å². The van der Waals surface area contributed by atoms with Gasteiger partial charge in [0.05, 0.1) is 17.7 Å². The van der Waals surface area contributed by atoms with Gasteiger partial charge in [0, 0.05) is 42.8 Å². The van der Waals surface area contributed by atoms with Crippen molar-refractivity contribution in [1.82, 2.24) is 9.47 Å². The lowest BCUT2D eigenvalue weighted by Crippen LogP contribution is -2.46. The number of carbonyl (C=O) groups excluding carboxylic acids is 2. The summed E-state index contributed by atoms with van der Waals surface area (Å²) in [6.45, 7) is 2.14. The SMILES string of the molecule is CC(CF)C1CCC(C(=O)N2CC[C@H](c3ccccc3)[C@H]2C(=O)Cc2ccc3c(c2)c(Cl)c(C(=O)O)n3C)CC1. The molecule has 0 radical (unpaired) electrons. The lowest BCUT2D eigenvalue weighted by atomic mass is 9.76. The van der Waals surface area contributed by atoms with Crippen LogP contribution in [0.25, 0.3) is 10.9 Å². The summed E-state index contributed by atoms with van der Waals surface area (Å²) in [6, 6.07) is 14.7. The van der Waals surface area contributed by atoms with E-state index in [0.29, 0.717) is 29.8 Å². The topological polar surface area (TPSA) is 79.6 Å². The monoisotopic (exact) mass is 566 g/mol. The van der Waals surface area contributed by atoms with Crippen molar-refractivity contribution in [2.24, 2.45) is 24.8 Å². The van der Waals surface area contributed by atoms with Crippen molar-refractivity contribution in [1.29, 1.82) is 0 Å². The normalized spacial score (nSPS) is 23.9. The fraction of sp³-hybridized carbons (Fsp3) is 0.469. The molecule has 1 aliphatic carbocycles. The summed E-state index contributed by atoms with van der Waals surface area (Å²) in [7, 11) is 1.65. The number of aromatic carboxylic acids is 1. The van der Waals surface area contributed by atoms with Crippen molar-refractivity contribution in [3.8, 4) is 0 Å². The molecule has 2 aromatic carbocycles. The molecule has 2 fully saturated rings. The summed E-state index contributed by atoms with van der Waals surface area (Å²) >= 11 is 6.43.